The van der Waals surface area contributed by atoms with Crippen molar-refractivity contribution >= 4 is 33.2 Å². The van der Waals surface area contributed by atoms with Gasteiger partial charge in [0, 0.05) is 23.1 Å². The molecule has 3 rings (SSSR count). The molecule has 0 bridgehead atoms. The summed E-state index contributed by atoms with van der Waals surface area (Å²) in [6.45, 7) is 3.96. The molecule has 1 aliphatic rings. The van der Waals surface area contributed by atoms with Gasteiger partial charge in [0.1, 0.15) is 6.04 Å². The summed E-state index contributed by atoms with van der Waals surface area (Å²) in [4.78, 5) is 26.3. The zero-order valence-corrected chi connectivity index (χ0v) is 15.2. The Morgan fingerprint density at radius 3 is 2.76 bits per heavy atom. The minimum absolute atomic E-state index is 0.0978. The summed E-state index contributed by atoms with van der Waals surface area (Å²) in [5.74, 6) is -0.447. The molecule has 1 aromatic heterocycles. The lowest BCUT2D eigenvalue weighted by atomic mass is 10.0. The van der Waals surface area contributed by atoms with Crippen LogP contribution in [0.15, 0.2) is 29.6 Å². The lowest BCUT2D eigenvalue weighted by molar-refractivity contribution is -0.135. The van der Waals surface area contributed by atoms with E-state index in [2.05, 4.69) is 5.32 Å². The number of hydrogen-bond donors (Lipinski definition) is 1. The SMILES string of the molecule is CCN(C#N)C(=O)C(Cc1csc2ccccc12)NC(=O)C1(C)CC1. The van der Waals surface area contributed by atoms with Gasteiger partial charge >= 0.3 is 0 Å². The zero-order chi connectivity index (χ0) is 18.0. The molecule has 1 aromatic carbocycles. The predicted octanol–water partition coefficient (Wildman–Crippen LogP) is 3.06. The zero-order valence-electron chi connectivity index (χ0n) is 14.4. The average Bonchev–Trinajstić information content (AvgIpc) is 3.25. The van der Waals surface area contributed by atoms with Crippen molar-refractivity contribution in [1.29, 1.82) is 5.26 Å². The molecule has 0 aliphatic heterocycles. The van der Waals surface area contributed by atoms with Crippen molar-refractivity contribution in [3.05, 3.63) is 35.2 Å². The van der Waals surface area contributed by atoms with Crippen LogP contribution in [0.25, 0.3) is 10.1 Å². The Morgan fingerprint density at radius 2 is 2.12 bits per heavy atom. The van der Waals surface area contributed by atoms with Gasteiger partial charge < -0.3 is 5.32 Å². The molecule has 1 saturated carbocycles. The van der Waals surface area contributed by atoms with Gasteiger partial charge in [0.25, 0.3) is 5.91 Å². The third-order valence-corrected chi connectivity index (χ3v) is 5.85. The van der Waals surface area contributed by atoms with Crippen LogP contribution in [0, 0.1) is 16.9 Å². The molecule has 1 atom stereocenters. The number of hydrogen-bond acceptors (Lipinski definition) is 4. The maximum atomic E-state index is 12.7. The molecule has 1 aliphatic carbocycles. The largest absolute Gasteiger partial charge is 0.343 e. The molecule has 25 heavy (non-hydrogen) atoms. The van der Waals surface area contributed by atoms with Gasteiger partial charge in [-0.3, -0.25) is 9.59 Å². The molecule has 0 spiro atoms. The lowest BCUT2D eigenvalue weighted by Gasteiger charge is -2.23. The second-order valence-electron chi connectivity index (χ2n) is 6.73. The monoisotopic (exact) mass is 355 g/mol. The Kier molecular flexibility index (Phi) is 4.78. The van der Waals surface area contributed by atoms with Crippen LogP contribution in [-0.2, 0) is 16.0 Å². The molecule has 2 aromatic rings. The first-order chi connectivity index (χ1) is 12.0. The fourth-order valence-corrected chi connectivity index (χ4v) is 3.80. The summed E-state index contributed by atoms with van der Waals surface area (Å²) in [6.07, 6.45) is 3.99. The van der Waals surface area contributed by atoms with E-state index in [4.69, 9.17) is 0 Å². The van der Waals surface area contributed by atoms with Crippen LogP contribution < -0.4 is 5.32 Å². The number of carbonyl (C=O) groups is 2. The summed E-state index contributed by atoms with van der Waals surface area (Å²) < 4.78 is 1.15. The van der Waals surface area contributed by atoms with E-state index in [9.17, 15) is 14.9 Å². The third kappa shape index (κ3) is 3.52. The molecule has 1 N–H and O–H groups in total. The van der Waals surface area contributed by atoms with Gasteiger partial charge in [0.15, 0.2) is 6.19 Å². The van der Waals surface area contributed by atoms with Crippen LogP contribution in [0.1, 0.15) is 32.3 Å². The lowest BCUT2D eigenvalue weighted by Crippen LogP contribution is -2.50. The van der Waals surface area contributed by atoms with Gasteiger partial charge in [-0.2, -0.15) is 5.26 Å². The minimum Gasteiger partial charge on any atom is -0.343 e. The number of rotatable bonds is 6. The first kappa shape index (κ1) is 17.4. The highest BCUT2D eigenvalue weighted by molar-refractivity contribution is 7.17. The summed E-state index contributed by atoms with van der Waals surface area (Å²) >= 11 is 1.62. The van der Waals surface area contributed by atoms with E-state index < -0.39 is 6.04 Å². The number of nitrogens with zero attached hydrogens (tertiary/aromatic N) is 2. The molecule has 0 radical (unpaired) electrons. The maximum absolute atomic E-state index is 12.7. The molecule has 1 unspecified atom stereocenters. The molecule has 0 saturated heterocycles. The number of benzene rings is 1. The van der Waals surface area contributed by atoms with E-state index in [0.717, 1.165) is 33.4 Å². The van der Waals surface area contributed by atoms with E-state index in [1.54, 1.807) is 18.3 Å². The Balaban J connectivity index is 1.86. The molecule has 1 heterocycles. The molecule has 5 nitrogen and oxygen atoms in total. The van der Waals surface area contributed by atoms with Crippen molar-refractivity contribution in [3.63, 3.8) is 0 Å². The van der Waals surface area contributed by atoms with Gasteiger partial charge in [0.05, 0.1) is 0 Å². The van der Waals surface area contributed by atoms with Crippen LogP contribution in [0.4, 0.5) is 0 Å². The normalized spacial score (nSPS) is 16.0. The summed E-state index contributed by atoms with van der Waals surface area (Å²) in [7, 11) is 0. The molecule has 1 fully saturated rings. The van der Waals surface area contributed by atoms with Crippen molar-refractivity contribution in [3.8, 4) is 6.19 Å². The second kappa shape index (κ2) is 6.85. The van der Waals surface area contributed by atoms with Gasteiger partial charge in [-0.05, 0) is 42.2 Å². The topological polar surface area (TPSA) is 73.2 Å². The van der Waals surface area contributed by atoms with E-state index in [1.165, 1.54) is 0 Å². The maximum Gasteiger partial charge on any atom is 0.258 e. The van der Waals surface area contributed by atoms with Gasteiger partial charge in [-0.25, -0.2) is 4.90 Å². The van der Waals surface area contributed by atoms with Gasteiger partial charge in [-0.15, -0.1) is 11.3 Å². The number of thiophene rings is 1. The van der Waals surface area contributed by atoms with Crippen LogP contribution in [-0.4, -0.2) is 29.3 Å². The highest BCUT2D eigenvalue weighted by Gasteiger charge is 2.46. The summed E-state index contributed by atoms with van der Waals surface area (Å²) in [5, 5.41) is 15.2. The van der Waals surface area contributed by atoms with Crippen molar-refractivity contribution in [2.75, 3.05) is 6.54 Å². The number of nitriles is 1. The highest BCUT2D eigenvalue weighted by Crippen LogP contribution is 2.45. The summed E-state index contributed by atoms with van der Waals surface area (Å²) in [6, 6.07) is 7.29. The molecular weight excluding hydrogens is 334 g/mol. The number of likely N-dealkylation sites (N-methyl/N-ethyl adjacent to an activating group) is 1. The first-order valence-electron chi connectivity index (χ1n) is 8.45. The van der Waals surface area contributed by atoms with E-state index in [-0.39, 0.29) is 17.2 Å². The fourth-order valence-electron chi connectivity index (χ4n) is 2.82. The van der Waals surface area contributed by atoms with E-state index in [0.29, 0.717) is 13.0 Å². The van der Waals surface area contributed by atoms with Crippen molar-refractivity contribution in [1.82, 2.24) is 10.2 Å². The third-order valence-electron chi connectivity index (χ3n) is 4.84. The minimum atomic E-state index is -0.720. The Hall–Kier alpha value is -2.39. The van der Waals surface area contributed by atoms with Gasteiger partial charge in [-0.1, -0.05) is 25.1 Å². The first-order valence-corrected chi connectivity index (χ1v) is 9.33. The Bertz CT molecular complexity index is 848. The molecule has 6 heteroatoms. The van der Waals surface area contributed by atoms with E-state index in [1.807, 2.05) is 42.8 Å². The van der Waals surface area contributed by atoms with Crippen molar-refractivity contribution in [2.45, 2.75) is 39.2 Å². The van der Waals surface area contributed by atoms with Crippen LogP contribution in [0.5, 0.6) is 0 Å². The van der Waals surface area contributed by atoms with Crippen LogP contribution in [0.2, 0.25) is 0 Å². The predicted molar refractivity (Wildman–Crippen MR) is 97.8 cm³/mol. The quantitative estimate of drug-likeness (QED) is 0.639. The fraction of sp³-hybridized carbons (Fsp3) is 0.421. The van der Waals surface area contributed by atoms with Crippen molar-refractivity contribution < 1.29 is 9.59 Å². The standard InChI is InChI=1S/C19H21N3O2S/c1-3-22(12-20)17(23)15(21-18(24)19(2)8-9-19)10-13-11-25-16-7-5-4-6-14(13)16/h4-7,11,15H,3,8-10H2,1-2H3,(H,21,24). The van der Waals surface area contributed by atoms with Crippen molar-refractivity contribution in [2.24, 2.45) is 5.41 Å². The number of carbonyl (C=O) groups excluding carboxylic acids is 2. The smallest absolute Gasteiger partial charge is 0.258 e. The summed E-state index contributed by atoms with van der Waals surface area (Å²) in [5.41, 5.74) is 0.660. The number of amides is 2. The molecular formula is C19H21N3O2S. The second-order valence-corrected chi connectivity index (χ2v) is 7.64. The number of fused-ring (bicyclic) bond motifs is 1. The number of nitrogens with one attached hydrogen (secondary N) is 1. The highest BCUT2D eigenvalue weighted by atomic mass is 32.1. The van der Waals surface area contributed by atoms with Crippen LogP contribution in [0.3, 0.4) is 0 Å². The van der Waals surface area contributed by atoms with E-state index >= 15 is 0 Å². The van der Waals surface area contributed by atoms with Gasteiger partial charge in [0.2, 0.25) is 5.91 Å². The van der Waals surface area contributed by atoms with Crippen LogP contribution >= 0.6 is 11.3 Å². The Morgan fingerprint density at radius 1 is 1.40 bits per heavy atom. The Labute approximate surface area is 151 Å². The average molecular weight is 355 g/mol. The molecule has 2 amide bonds. The molecule has 130 valence electrons.